The predicted molar refractivity (Wildman–Crippen MR) is 98.8 cm³/mol. The van der Waals surface area contributed by atoms with E-state index in [1.165, 1.54) is 12.8 Å². The van der Waals surface area contributed by atoms with Crippen molar-refractivity contribution in [2.24, 2.45) is 10.9 Å². The number of hydrogen-bond donors (Lipinski definition) is 3. The lowest BCUT2D eigenvalue weighted by Crippen LogP contribution is -2.38. The predicted octanol–water partition coefficient (Wildman–Crippen LogP) is 3.05. The molecule has 5 nitrogen and oxygen atoms in total. The third-order valence-corrected chi connectivity index (χ3v) is 4.16. The molecule has 1 aromatic carbocycles. The van der Waals surface area contributed by atoms with Crippen molar-refractivity contribution in [3.05, 3.63) is 28.2 Å². The molecule has 1 amide bonds. The highest BCUT2D eigenvalue weighted by atomic mass is 79.9. The van der Waals surface area contributed by atoms with Crippen LogP contribution in [-0.2, 0) is 4.79 Å². The van der Waals surface area contributed by atoms with Gasteiger partial charge in [-0.05, 0) is 50.3 Å². The molecular formula is C17H25BrN4O. The van der Waals surface area contributed by atoms with E-state index in [1.54, 1.807) is 0 Å². The monoisotopic (exact) mass is 380 g/mol. The van der Waals surface area contributed by atoms with Crippen LogP contribution >= 0.6 is 15.9 Å². The number of rotatable bonds is 7. The molecule has 1 aliphatic carbocycles. The van der Waals surface area contributed by atoms with Crippen LogP contribution in [0.2, 0.25) is 0 Å². The number of amides is 1. The van der Waals surface area contributed by atoms with Gasteiger partial charge in [-0.2, -0.15) is 0 Å². The molecule has 3 N–H and O–H groups in total. The molecule has 0 radical (unpaired) electrons. The van der Waals surface area contributed by atoms with E-state index in [1.807, 2.05) is 32.0 Å². The molecule has 0 aromatic heterocycles. The van der Waals surface area contributed by atoms with Gasteiger partial charge in [0.1, 0.15) is 0 Å². The topological polar surface area (TPSA) is 65.5 Å². The normalized spacial score (nSPS) is 14.5. The van der Waals surface area contributed by atoms with Crippen molar-refractivity contribution < 1.29 is 4.79 Å². The van der Waals surface area contributed by atoms with Crippen molar-refractivity contribution >= 4 is 33.5 Å². The number of carbonyl (C=O) groups excluding carboxylic acids is 1. The number of hydrogen-bond acceptors (Lipinski definition) is 2. The summed E-state index contributed by atoms with van der Waals surface area (Å²) in [4.78, 5) is 16.6. The van der Waals surface area contributed by atoms with Crippen molar-refractivity contribution in [3.8, 4) is 0 Å². The van der Waals surface area contributed by atoms with E-state index < -0.39 is 0 Å². The third-order valence-electron chi connectivity index (χ3n) is 3.67. The number of anilines is 1. The molecule has 6 heteroatoms. The Hall–Kier alpha value is -1.56. The van der Waals surface area contributed by atoms with Gasteiger partial charge >= 0.3 is 0 Å². The smallest absolute Gasteiger partial charge is 0.226 e. The van der Waals surface area contributed by atoms with Crippen molar-refractivity contribution in [3.63, 3.8) is 0 Å². The van der Waals surface area contributed by atoms with Gasteiger partial charge in [-0.3, -0.25) is 9.79 Å². The summed E-state index contributed by atoms with van der Waals surface area (Å²) < 4.78 is 0.957. The molecule has 0 aliphatic heterocycles. The zero-order valence-electron chi connectivity index (χ0n) is 13.8. The number of guanidine groups is 1. The highest BCUT2D eigenvalue weighted by molar-refractivity contribution is 9.10. The van der Waals surface area contributed by atoms with Gasteiger partial charge in [0.25, 0.3) is 0 Å². The molecule has 23 heavy (non-hydrogen) atoms. The fraction of sp³-hybridized carbons (Fsp3) is 0.529. The van der Waals surface area contributed by atoms with E-state index in [2.05, 4.69) is 36.9 Å². The van der Waals surface area contributed by atoms with Gasteiger partial charge < -0.3 is 16.0 Å². The number of halogens is 1. The summed E-state index contributed by atoms with van der Waals surface area (Å²) >= 11 is 3.42. The molecular weight excluding hydrogens is 356 g/mol. The van der Waals surface area contributed by atoms with Crippen molar-refractivity contribution in [1.82, 2.24) is 10.6 Å². The van der Waals surface area contributed by atoms with Gasteiger partial charge in [0, 0.05) is 36.2 Å². The van der Waals surface area contributed by atoms with Crippen LogP contribution in [0.25, 0.3) is 0 Å². The van der Waals surface area contributed by atoms with Crippen LogP contribution < -0.4 is 16.0 Å². The minimum absolute atomic E-state index is 0.00302. The van der Waals surface area contributed by atoms with Crippen molar-refractivity contribution in [1.29, 1.82) is 0 Å². The molecule has 0 bridgehead atoms. The molecule has 2 rings (SSSR count). The van der Waals surface area contributed by atoms with E-state index in [4.69, 9.17) is 0 Å². The van der Waals surface area contributed by atoms with E-state index >= 15 is 0 Å². The van der Waals surface area contributed by atoms with Gasteiger partial charge in [0.05, 0.1) is 0 Å². The molecule has 0 unspecified atom stereocenters. The lowest BCUT2D eigenvalue weighted by atomic mass is 10.2. The average molecular weight is 381 g/mol. The van der Waals surface area contributed by atoms with Gasteiger partial charge in [-0.25, -0.2) is 0 Å². The Bertz CT molecular complexity index is 570. The van der Waals surface area contributed by atoms with Crippen LogP contribution in [0.5, 0.6) is 0 Å². The molecule has 126 valence electrons. The average Bonchev–Trinajstić information content (AvgIpc) is 3.33. The Morgan fingerprint density at radius 3 is 2.83 bits per heavy atom. The fourth-order valence-electron chi connectivity index (χ4n) is 2.10. The van der Waals surface area contributed by atoms with Crippen LogP contribution in [0, 0.1) is 12.8 Å². The van der Waals surface area contributed by atoms with E-state index in [0.717, 1.165) is 40.7 Å². The Balaban J connectivity index is 1.76. The first-order chi connectivity index (χ1) is 11.1. The van der Waals surface area contributed by atoms with Crippen LogP contribution in [0.1, 0.15) is 31.7 Å². The Morgan fingerprint density at radius 2 is 2.13 bits per heavy atom. The quantitative estimate of drug-likeness (QED) is 0.503. The number of benzene rings is 1. The highest BCUT2D eigenvalue weighted by Crippen LogP contribution is 2.28. The highest BCUT2D eigenvalue weighted by Gasteiger charge is 2.20. The van der Waals surface area contributed by atoms with Crippen molar-refractivity contribution in [2.75, 3.05) is 25.0 Å². The molecule has 0 saturated heterocycles. The van der Waals surface area contributed by atoms with Crippen LogP contribution in [0.3, 0.4) is 0 Å². The molecule has 0 atom stereocenters. The van der Waals surface area contributed by atoms with E-state index in [-0.39, 0.29) is 5.91 Å². The van der Waals surface area contributed by atoms with E-state index in [0.29, 0.717) is 13.0 Å². The number of nitrogens with one attached hydrogen (secondary N) is 3. The summed E-state index contributed by atoms with van der Waals surface area (Å²) in [6.45, 7) is 6.28. The number of aryl methyl sites for hydroxylation is 1. The van der Waals surface area contributed by atoms with Crippen LogP contribution in [0.4, 0.5) is 5.69 Å². The zero-order valence-corrected chi connectivity index (χ0v) is 15.4. The van der Waals surface area contributed by atoms with E-state index in [9.17, 15) is 4.79 Å². The summed E-state index contributed by atoms with van der Waals surface area (Å²) in [5, 5.41) is 9.37. The summed E-state index contributed by atoms with van der Waals surface area (Å²) in [7, 11) is 0. The second-order valence-electron chi connectivity index (χ2n) is 5.85. The minimum atomic E-state index is -0.00302. The second kappa shape index (κ2) is 8.91. The zero-order chi connectivity index (χ0) is 16.7. The van der Waals surface area contributed by atoms with Gasteiger partial charge in [0.15, 0.2) is 5.96 Å². The molecule has 1 fully saturated rings. The van der Waals surface area contributed by atoms with Crippen LogP contribution in [0.15, 0.2) is 27.7 Å². The maximum absolute atomic E-state index is 12.1. The summed E-state index contributed by atoms with van der Waals surface area (Å²) in [5.74, 6) is 1.55. The Kier molecular flexibility index (Phi) is 6.89. The first-order valence-electron chi connectivity index (χ1n) is 8.16. The standard InChI is InChI=1S/C17H25BrN4O/c1-3-19-17(21-11-13-5-6-13)20-9-8-16(23)22-15-10-14(18)7-4-12(15)2/h4,7,10,13H,3,5-6,8-9,11H2,1-2H3,(H,22,23)(H2,19,20,21). The SMILES string of the molecule is CCNC(=NCC1CC1)NCCC(=O)Nc1cc(Br)ccc1C. The molecule has 0 heterocycles. The maximum Gasteiger partial charge on any atom is 0.226 e. The first kappa shape index (κ1) is 17.8. The molecule has 0 spiro atoms. The fourth-order valence-corrected chi connectivity index (χ4v) is 2.46. The second-order valence-corrected chi connectivity index (χ2v) is 6.76. The number of nitrogens with zero attached hydrogens (tertiary/aromatic N) is 1. The van der Waals surface area contributed by atoms with Gasteiger partial charge in [0.2, 0.25) is 5.91 Å². The minimum Gasteiger partial charge on any atom is -0.357 e. The number of aliphatic imine (C=N–C) groups is 1. The third kappa shape index (κ3) is 6.60. The van der Waals surface area contributed by atoms with Crippen LogP contribution in [-0.4, -0.2) is 31.5 Å². The maximum atomic E-state index is 12.1. The van der Waals surface area contributed by atoms with Gasteiger partial charge in [-0.1, -0.05) is 22.0 Å². The molecule has 1 saturated carbocycles. The van der Waals surface area contributed by atoms with Gasteiger partial charge in [-0.15, -0.1) is 0 Å². The van der Waals surface area contributed by atoms with Crippen molar-refractivity contribution in [2.45, 2.75) is 33.1 Å². The lowest BCUT2D eigenvalue weighted by Gasteiger charge is -2.12. The largest absolute Gasteiger partial charge is 0.357 e. The lowest BCUT2D eigenvalue weighted by molar-refractivity contribution is -0.116. The molecule has 1 aromatic rings. The number of carbonyl (C=O) groups is 1. The Labute approximate surface area is 146 Å². The Morgan fingerprint density at radius 1 is 1.35 bits per heavy atom. The summed E-state index contributed by atoms with van der Waals surface area (Å²) in [6.07, 6.45) is 2.98. The summed E-state index contributed by atoms with van der Waals surface area (Å²) in [5.41, 5.74) is 1.90. The summed E-state index contributed by atoms with van der Waals surface area (Å²) in [6, 6.07) is 5.86. The molecule has 1 aliphatic rings. The first-order valence-corrected chi connectivity index (χ1v) is 8.96.